The van der Waals surface area contributed by atoms with Crippen molar-refractivity contribution >= 4 is 65.0 Å². The lowest BCUT2D eigenvalue weighted by Crippen LogP contribution is -2.33. The molecule has 0 fully saturated rings. The van der Waals surface area contributed by atoms with E-state index in [0.29, 0.717) is 119 Å². The fourth-order valence-electron chi connectivity index (χ4n) is 9.42. The maximum Gasteiger partial charge on any atom is 0.303 e. The lowest BCUT2D eigenvalue weighted by Gasteiger charge is -2.30. The molecule has 72 heavy (non-hydrogen) atoms. The molecule has 5 rings (SSSR count). The highest BCUT2D eigenvalue weighted by Crippen LogP contribution is 2.51. The minimum absolute atomic E-state index is 0. The summed E-state index contributed by atoms with van der Waals surface area (Å²) >= 11 is 7.28. The van der Waals surface area contributed by atoms with Crippen molar-refractivity contribution < 1.29 is 77.1 Å². The first-order valence-corrected chi connectivity index (χ1v) is 28.3. The number of allylic oxidation sites excluding steroid dienone is 8. The molecule has 0 radical (unpaired) electrons. The number of methoxy groups -OCH3 is 2. The van der Waals surface area contributed by atoms with Crippen LogP contribution < -0.4 is 4.90 Å². The molecule has 2 heterocycles. The zero-order valence-corrected chi connectivity index (χ0v) is 43.9. The molecule has 0 aromatic heterocycles. The van der Waals surface area contributed by atoms with E-state index < -0.39 is 57.8 Å². The Labute approximate surface area is 430 Å². The second-order valence-electron chi connectivity index (χ2n) is 18.0. The van der Waals surface area contributed by atoms with E-state index in [1.54, 1.807) is 26.4 Å². The summed E-state index contributed by atoms with van der Waals surface area (Å²) in [4.78, 5) is 12.5. The van der Waals surface area contributed by atoms with Gasteiger partial charge in [-0.15, -0.1) is 0 Å². The van der Waals surface area contributed by atoms with Crippen LogP contribution in [0.2, 0.25) is 0 Å². The largest absolute Gasteiger partial charge is 0.748 e. The van der Waals surface area contributed by atoms with Crippen molar-refractivity contribution in [3.8, 4) is 0 Å². The van der Waals surface area contributed by atoms with Gasteiger partial charge in [0.2, 0.25) is 5.69 Å². The van der Waals surface area contributed by atoms with Gasteiger partial charge in [0, 0.05) is 79.1 Å². The summed E-state index contributed by atoms with van der Waals surface area (Å²) in [5, 5.41) is 9.69. The zero-order valence-electron chi connectivity index (χ0n) is 40.7. The highest BCUT2D eigenvalue weighted by Gasteiger charge is 2.48. The van der Waals surface area contributed by atoms with Crippen LogP contribution in [0.3, 0.4) is 0 Å². The van der Waals surface area contributed by atoms with Crippen LogP contribution in [0.4, 0.5) is 11.4 Å². The van der Waals surface area contributed by atoms with Gasteiger partial charge in [-0.25, -0.2) is 25.3 Å². The Morgan fingerprint density at radius 3 is 1.97 bits per heavy atom. The molecule has 2 aliphatic heterocycles. The van der Waals surface area contributed by atoms with E-state index in [-0.39, 0.29) is 51.3 Å². The highest BCUT2D eigenvalue weighted by atomic mass is 35.5. The van der Waals surface area contributed by atoms with Gasteiger partial charge in [-0.1, -0.05) is 37.6 Å². The molecule has 402 valence electrons. The normalized spacial score (nSPS) is 20.5. The topological polar surface area (TPSA) is 261 Å². The minimum atomic E-state index is -4.89. The number of hydrogen-bond donors (Lipinski definition) is 1. The molecule has 0 bridgehead atoms. The SMILES string of the molecule is C.COCCOCCOCCOCC[N+]1=C(C=CC2=C(Cl)C(=CC=C3N(CCCCCC(=O)O)c4ccc(S(=O)(=O)[O-])cc4C3(C)CCOC)CCC2)C(C)(CCCS(=O)(=O)[O-])c2cc(S(=O)(=O)[O-])ccc21. The number of fused-ring (bicyclic) bond motifs is 2. The van der Waals surface area contributed by atoms with Gasteiger partial charge in [-0.2, -0.15) is 4.58 Å². The summed E-state index contributed by atoms with van der Waals surface area (Å²) in [6.07, 6.45) is 11.8. The zero-order chi connectivity index (χ0) is 52.0. The van der Waals surface area contributed by atoms with E-state index in [1.807, 2.05) is 42.7 Å². The van der Waals surface area contributed by atoms with Crippen molar-refractivity contribution in [2.75, 3.05) is 90.8 Å². The predicted octanol–water partition coefficient (Wildman–Crippen LogP) is 7.01. The Balaban J connectivity index is 0.0000112. The molecule has 0 saturated heterocycles. The van der Waals surface area contributed by atoms with E-state index in [0.717, 1.165) is 22.5 Å². The molecular formula is C50H69ClN2O16S3-2. The Bertz CT molecular complexity index is 2720. The van der Waals surface area contributed by atoms with Gasteiger partial charge in [0.1, 0.15) is 26.8 Å². The third kappa shape index (κ3) is 16.1. The maximum absolute atomic E-state index is 12.3. The Hall–Kier alpha value is -3.84. The van der Waals surface area contributed by atoms with E-state index in [4.69, 9.17) is 35.3 Å². The van der Waals surface area contributed by atoms with Crippen molar-refractivity contribution in [2.45, 2.75) is 106 Å². The van der Waals surface area contributed by atoms with E-state index in [2.05, 4.69) is 4.90 Å². The molecule has 3 aliphatic rings. The molecular weight excluding hydrogens is 1020 g/mol. The second kappa shape index (κ2) is 27.1. The van der Waals surface area contributed by atoms with Crippen LogP contribution in [0.5, 0.6) is 0 Å². The smallest absolute Gasteiger partial charge is 0.303 e. The number of benzene rings is 2. The van der Waals surface area contributed by atoms with Gasteiger partial charge >= 0.3 is 5.97 Å². The van der Waals surface area contributed by atoms with Crippen LogP contribution >= 0.6 is 11.6 Å². The Morgan fingerprint density at radius 1 is 0.750 bits per heavy atom. The first kappa shape index (κ1) is 60.7. The molecule has 0 amide bonds. The average molecular weight is 1090 g/mol. The quantitative estimate of drug-likeness (QED) is 0.0468. The van der Waals surface area contributed by atoms with Crippen molar-refractivity contribution in [1.29, 1.82) is 0 Å². The van der Waals surface area contributed by atoms with Gasteiger partial charge in [-0.3, -0.25) is 4.79 Å². The van der Waals surface area contributed by atoms with Crippen LogP contribution in [0.1, 0.15) is 96.6 Å². The molecule has 2 atom stereocenters. The molecule has 2 unspecified atom stereocenters. The van der Waals surface area contributed by atoms with Crippen LogP contribution in [0, 0.1) is 0 Å². The van der Waals surface area contributed by atoms with Crippen molar-refractivity contribution in [2.24, 2.45) is 0 Å². The summed E-state index contributed by atoms with van der Waals surface area (Å²) in [6.45, 7) is 7.27. The highest BCUT2D eigenvalue weighted by molar-refractivity contribution is 7.86. The number of aliphatic carboxylic acids is 1. The first-order valence-electron chi connectivity index (χ1n) is 23.5. The number of nitrogens with zero attached hydrogens (tertiary/aromatic N) is 2. The Kier molecular flexibility index (Phi) is 22.8. The molecule has 1 aliphatic carbocycles. The standard InChI is InChI=1S/C49H67ClN2O16S3.CH4/c1-48(21-9-33-69(55,56)57)40-34-38(70(58,59)60)16-18-43(40)52(24-26-66-29-30-68-32-31-67-28-27-65-4)44(48)19-13-36-10-8-11-37(47(36)50)14-20-45-49(2,22-25-64-3)41-35-39(71(61,62)63)15-17-42(41)51(45)23-7-5-6-12-46(53)54;/h13-20,34-35H,5-12,21-33H2,1-4H3,(H3-,53,54,55,56,57,58,59,60,61,62,63);1H4/p-2. The fraction of sp³-hybridized carbons (Fsp3) is 0.560. The number of ether oxygens (including phenoxy) is 5. The van der Waals surface area contributed by atoms with Crippen LogP contribution in [0.15, 0.2) is 92.4 Å². The number of unbranched alkanes of at least 4 members (excludes halogenated alkanes) is 2. The lowest BCUT2D eigenvalue weighted by molar-refractivity contribution is -0.442. The molecule has 18 nitrogen and oxygen atoms in total. The van der Waals surface area contributed by atoms with E-state index in [9.17, 15) is 48.8 Å². The molecule has 2 aromatic carbocycles. The number of anilines is 1. The number of halogens is 1. The van der Waals surface area contributed by atoms with Crippen molar-refractivity contribution in [3.63, 3.8) is 0 Å². The second-order valence-corrected chi connectivity index (χ2v) is 22.7. The van der Waals surface area contributed by atoms with Gasteiger partial charge in [-0.05, 0) is 118 Å². The lowest BCUT2D eigenvalue weighted by atomic mass is 9.75. The van der Waals surface area contributed by atoms with Crippen LogP contribution in [0.25, 0.3) is 0 Å². The number of carboxylic acid groups (broad SMARTS) is 1. The van der Waals surface area contributed by atoms with Gasteiger partial charge < -0.3 is 47.3 Å². The molecule has 2 aromatic rings. The third-order valence-corrected chi connectivity index (χ3v) is 16.1. The predicted molar refractivity (Wildman–Crippen MR) is 270 cm³/mol. The molecule has 0 spiro atoms. The Morgan fingerprint density at radius 2 is 1.36 bits per heavy atom. The average Bonchev–Trinajstić information content (AvgIpc) is 3.67. The summed E-state index contributed by atoms with van der Waals surface area (Å²) in [6, 6.07) is 8.44. The monoisotopic (exact) mass is 1080 g/mol. The first-order chi connectivity index (χ1) is 33.5. The summed E-state index contributed by atoms with van der Waals surface area (Å²) in [7, 11) is -11.1. The molecule has 22 heteroatoms. The van der Waals surface area contributed by atoms with Gasteiger partial charge in [0.05, 0.1) is 65.0 Å². The summed E-state index contributed by atoms with van der Waals surface area (Å²) in [5.74, 6) is -1.54. The van der Waals surface area contributed by atoms with Crippen molar-refractivity contribution in [3.05, 3.63) is 93.7 Å². The van der Waals surface area contributed by atoms with Gasteiger partial charge in [0.15, 0.2) is 12.3 Å². The van der Waals surface area contributed by atoms with Gasteiger partial charge in [0.25, 0.3) is 0 Å². The number of rotatable bonds is 30. The van der Waals surface area contributed by atoms with E-state index >= 15 is 0 Å². The van der Waals surface area contributed by atoms with Crippen molar-refractivity contribution in [1.82, 2.24) is 0 Å². The molecule has 1 N–H and O–H groups in total. The third-order valence-electron chi connectivity index (χ3n) is 13.1. The maximum atomic E-state index is 12.3. The van der Waals surface area contributed by atoms with E-state index in [1.165, 1.54) is 24.3 Å². The molecule has 0 saturated carbocycles. The van der Waals surface area contributed by atoms with Crippen LogP contribution in [-0.2, 0) is 69.7 Å². The van der Waals surface area contributed by atoms with Crippen LogP contribution in [-0.4, -0.2) is 146 Å². The number of carbonyl (C=O) groups is 1. The summed E-state index contributed by atoms with van der Waals surface area (Å²) < 4.78 is 139. The number of hydrogen-bond acceptors (Lipinski definition) is 16. The fourth-order valence-corrected chi connectivity index (χ4v) is 11.2. The summed E-state index contributed by atoms with van der Waals surface area (Å²) in [5.41, 5.74) is 3.54. The minimum Gasteiger partial charge on any atom is -0.748 e. The number of carboxylic acids is 1.